The van der Waals surface area contributed by atoms with Gasteiger partial charge in [-0.25, -0.2) is 4.98 Å². The predicted octanol–water partition coefficient (Wildman–Crippen LogP) is 2.69. The molecule has 0 aliphatic rings. The van der Waals surface area contributed by atoms with Crippen LogP contribution in [0.5, 0.6) is 11.6 Å². The highest BCUT2D eigenvalue weighted by molar-refractivity contribution is 5.30. The van der Waals surface area contributed by atoms with Crippen LogP contribution >= 0.6 is 0 Å². The Morgan fingerprint density at radius 2 is 1.95 bits per heavy atom. The summed E-state index contributed by atoms with van der Waals surface area (Å²) >= 11 is 0. The number of nitrogens with two attached hydrogens (primary N) is 1. The van der Waals surface area contributed by atoms with Crippen LogP contribution < -0.4 is 15.2 Å². The number of ether oxygens (including phenoxy) is 2. The molecule has 0 spiro atoms. The fourth-order valence-corrected chi connectivity index (χ4v) is 1.80. The maximum atomic E-state index is 5.86. The minimum absolute atomic E-state index is 0.0916. The Labute approximate surface area is 113 Å². The SMILES string of the molecule is COc1ccc(C(C)Oc2ncccc2CN)cc1. The molecule has 2 rings (SSSR count). The molecule has 1 aromatic carbocycles. The standard InChI is InChI=1S/C15H18N2O2/c1-11(12-5-7-14(18-2)8-6-12)19-15-13(10-16)4-3-9-17-15/h3-9,11H,10,16H2,1-2H3. The van der Waals surface area contributed by atoms with E-state index in [1.165, 1.54) is 0 Å². The zero-order valence-electron chi connectivity index (χ0n) is 11.2. The molecule has 1 heterocycles. The van der Waals surface area contributed by atoms with Gasteiger partial charge in [0.25, 0.3) is 0 Å². The summed E-state index contributed by atoms with van der Waals surface area (Å²) in [5, 5.41) is 0. The highest BCUT2D eigenvalue weighted by Crippen LogP contribution is 2.24. The number of pyridine rings is 1. The van der Waals surface area contributed by atoms with E-state index in [0.717, 1.165) is 16.9 Å². The van der Waals surface area contributed by atoms with Crippen LogP contribution in [0, 0.1) is 0 Å². The van der Waals surface area contributed by atoms with Gasteiger partial charge in [0.2, 0.25) is 5.88 Å². The molecule has 4 nitrogen and oxygen atoms in total. The molecule has 1 unspecified atom stereocenters. The van der Waals surface area contributed by atoms with Crippen LogP contribution in [0.25, 0.3) is 0 Å². The van der Waals surface area contributed by atoms with E-state index in [-0.39, 0.29) is 6.10 Å². The molecule has 4 heteroatoms. The molecule has 0 saturated heterocycles. The maximum absolute atomic E-state index is 5.86. The second kappa shape index (κ2) is 6.20. The third-order valence-electron chi connectivity index (χ3n) is 2.94. The third kappa shape index (κ3) is 3.23. The summed E-state index contributed by atoms with van der Waals surface area (Å²) in [6.07, 6.45) is 1.61. The van der Waals surface area contributed by atoms with Gasteiger partial charge in [0.1, 0.15) is 11.9 Å². The number of hydrogen-bond acceptors (Lipinski definition) is 4. The minimum atomic E-state index is -0.0916. The van der Waals surface area contributed by atoms with Gasteiger partial charge < -0.3 is 15.2 Å². The molecule has 19 heavy (non-hydrogen) atoms. The molecule has 2 N–H and O–H groups in total. The zero-order chi connectivity index (χ0) is 13.7. The number of hydrogen-bond donors (Lipinski definition) is 1. The van der Waals surface area contributed by atoms with Gasteiger partial charge in [0.05, 0.1) is 7.11 Å². The maximum Gasteiger partial charge on any atom is 0.218 e. The Morgan fingerprint density at radius 1 is 1.21 bits per heavy atom. The van der Waals surface area contributed by atoms with Crippen molar-refractivity contribution in [1.82, 2.24) is 4.98 Å². The van der Waals surface area contributed by atoms with Crippen molar-refractivity contribution in [2.75, 3.05) is 7.11 Å². The van der Waals surface area contributed by atoms with E-state index in [1.54, 1.807) is 13.3 Å². The van der Waals surface area contributed by atoms with Gasteiger partial charge in [-0.2, -0.15) is 0 Å². The molecule has 100 valence electrons. The van der Waals surface area contributed by atoms with Crippen molar-refractivity contribution in [3.8, 4) is 11.6 Å². The predicted molar refractivity (Wildman–Crippen MR) is 74.2 cm³/mol. The average Bonchev–Trinajstić information content (AvgIpc) is 2.48. The van der Waals surface area contributed by atoms with E-state index in [0.29, 0.717) is 12.4 Å². The molecule has 0 fully saturated rings. The fraction of sp³-hybridized carbons (Fsp3) is 0.267. The summed E-state index contributed by atoms with van der Waals surface area (Å²) in [4.78, 5) is 4.22. The first kappa shape index (κ1) is 13.4. The molecule has 0 radical (unpaired) electrons. The molecule has 1 aromatic heterocycles. The summed E-state index contributed by atoms with van der Waals surface area (Å²) in [7, 11) is 1.65. The molecule has 0 aliphatic heterocycles. The highest BCUT2D eigenvalue weighted by Gasteiger charge is 2.10. The summed E-state index contributed by atoms with van der Waals surface area (Å²) in [5.41, 5.74) is 7.64. The number of aromatic nitrogens is 1. The monoisotopic (exact) mass is 258 g/mol. The van der Waals surface area contributed by atoms with Gasteiger partial charge >= 0.3 is 0 Å². The number of benzene rings is 1. The van der Waals surface area contributed by atoms with Gasteiger partial charge in [0, 0.05) is 18.3 Å². The van der Waals surface area contributed by atoms with Gasteiger partial charge in [-0.15, -0.1) is 0 Å². The second-order valence-electron chi connectivity index (χ2n) is 4.21. The van der Waals surface area contributed by atoms with E-state index in [1.807, 2.05) is 43.3 Å². The fourth-order valence-electron chi connectivity index (χ4n) is 1.80. The summed E-state index contributed by atoms with van der Waals surface area (Å²) in [5.74, 6) is 1.42. The Hall–Kier alpha value is -2.07. The Bertz CT molecular complexity index is 526. The molecule has 0 aliphatic carbocycles. The molecular weight excluding hydrogens is 240 g/mol. The molecule has 2 aromatic rings. The molecule has 0 bridgehead atoms. The van der Waals surface area contributed by atoms with Crippen molar-refractivity contribution in [2.24, 2.45) is 5.73 Å². The van der Waals surface area contributed by atoms with E-state index in [9.17, 15) is 0 Å². The Kier molecular flexibility index (Phi) is 4.36. The van der Waals surface area contributed by atoms with Crippen LogP contribution in [0.3, 0.4) is 0 Å². The lowest BCUT2D eigenvalue weighted by molar-refractivity contribution is 0.215. The van der Waals surface area contributed by atoms with E-state index in [4.69, 9.17) is 15.2 Å². The van der Waals surface area contributed by atoms with Crippen LogP contribution in [0.2, 0.25) is 0 Å². The minimum Gasteiger partial charge on any atom is -0.497 e. The lowest BCUT2D eigenvalue weighted by Gasteiger charge is -2.16. The van der Waals surface area contributed by atoms with Crippen molar-refractivity contribution < 1.29 is 9.47 Å². The van der Waals surface area contributed by atoms with Crippen molar-refractivity contribution in [3.63, 3.8) is 0 Å². The largest absolute Gasteiger partial charge is 0.497 e. The lowest BCUT2D eigenvalue weighted by Crippen LogP contribution is -2.08. The third-order valence-corrected chi connectivity index (χ3v) is 2.94. The first-order valence-electron chi connectivity index (χ1n) is 6.19. The average molecular weight is 258 g/mol. The van der Waals surface area contributed by atoms with Crippen LogP contribution in [0.15, 0.2) is 42.6 Å². The summed E-state index contributed by atoms with van der Waals surface area (Å²) < 4.78 is 11.0. The zero-order valence-corrected chi connectivity index (χ0v) is 11.2. The highest BCUT2D eigenvalue weighted by atomic mass is 16.5. The number of rotatable bonds is 5. The van der Waals surface area contributed by atoms with Crippen molar-refractivity contribution in [3.05, 3.63) is 53.7 Å². The first-order chi connectivity index (χ1) is 9.24. The molecular formula is C15H18N2O2. The number of methoxy groups -OCH3 is 1. The van der Waals surface area contributed by atoms with E-state index < -0.39 is 0 Å². The smallest absolute Gasteiger partial charge is 0.218 e. The van der Waals surface area contributed by atoms with Crippen molar-refractivity contribution in [2.45, 2.75) is 19.6 Å². The number of nitrogens with zero attached hydrogens (tertiary/aromatic N) is 1. The Morgan fingerprint density at radius 3 is 2.58 bits per heavy atom. The van der Waals surface area contributed by atoms with E-state index >= 15 is 0 Å². The summed E-state index contributed by atoms with van der Waals surface area (Å²) in [6.45, 7) is 2.40. The molecule has 1 atom stereocenters. The van der Waals surface area contributed by atoms with Gasteiger partial charge in [-0.3, -0.25) is 0 Å². The molecule has 0 saturated carbocycles. The normalized spacial score (nSPS) is 11.9. The topological polar surface area (TPSA) is 57.4 Å². The van der Waals surface area contributed by atoms with E-state index in [2.05, 4.69) is 4.98 Å². The van der Waals surface area contributed by atoms with Crippen molar-refractivity contribution in [1.29, 1.82) is 0 Å². The lowest BCUT2D eigenvalue weighted by atomic mass is 10.1. The first-order valence-corrected chi connectivity index (χ1v) is 6.19. The molecule has 0 amide bonds. The van der Waals surface area contributed by atoms with Crippen LogP contribution in [0.4, 0.5) is 0 Å². The van der Waals surface area contributed by atoms with Gasteiger partial charge in [-0.1, -0.05) is 18.2 Å². The van der Waals surface area contributed by atoms with Crippen molar-refractivity contribution >= 4 is 0 Å². The van der Waals surface area contributed by atoms with Crippen LogP contribution in [-0.2, 0) is 6.54 Å². The van der Waals surface area contributed by atoms with Gasteiger partial charge in [0.15, 0.2) is 0 Å². The van der Waals surface area contributed by atoms with Gasteiger partial charge in [-0.05, 0) is 30.7 Å². The Balaban J connectivity index is 2.13. The van der Waals surface area contributed by atoms with Crippen LogP contribution in [-0.4, -0.2) is 12.1 Å². The van der Waals surface area contributed by atoms with Crippen LogP contribution in [0.1, 0.15) is 24.2 Å². The summed E-state index contributed by atoms with van der Waals surface area (Å²) in [6, 6.07) is 11.6. The quantitative estimate of drug-likeness (QED) is 0.895. The second-order valence-corrected chi connectivity index (χ2v) is 4.21.